The number of fused-ring (bicyclic) bond motifs is 5. The minimum Gasteiger partial charge on any atom is -0.481 e. The molecule has 0 aromatic carbocycles. The van der Waals surface area contributed by atoms with Crippen molar-refractivity contribution in [3.63, 3.8) is 0 Å². The number of carboxylic acids is 1. The van der Waals surface area contributed by atoms with Crippen LogP contribution in [0.5, 0.6) is 0 Å². The van der Waals surface area contributed by atoms with Crippen molar-refractivity contribution in [2.75, 3.05) is 0 Å². The Morgan fingerprint density at radius 2 is 1.72 bits per heavy atom. The minimum atomic E-state index is -4.57. The number of rotatable bonds is 6. The second-order valence-electron chi connectivity index (χ2n) is 11.9. The lowest BCUT2D eigenvalue weighted by atomic mass is 9.43. The first kappa shape index (κ1) is 24.4. The van der Waals surface area contributed by atoms with Crippen molar-refractivity contribution in [2.45, 2.75) is 97.2 Å². The fraction of sp³-hybridized carbons (Fsp3) is 0.958. The summed E-state index contributed by atoms with van der Waals surface area (Å²) in [5.74, 6) is 0.821. The first-order valence-electron chi connectivity index (χ1n) is 12.4. The lowest BCUT2D eigenvalue weighted by molar-refractivity contribution is -0.168. The van der Waals surface area contributed by atoms with Crippen molar-refractivity contribution in [3.8, 4) is 0 Å². The van der Waals surface area contributed by atoms with Crippen molar-refractivity contribution in [3.05, 3.63) is 0 Å². The van der Waals surface area contributed by atoms with Crippen LogP contribution < -0.4 is 0 Å². The predicted octanol–water partition coefficient (Wildman–Crippen LogP) is 4.31. The van der Waals surface area contributed by atoms with Crippen LogP contribution in [0.2, 0.25) is 0 Å². The Labute approximate surface area is 192 Å². The highest BCUT2D eigenvalue weighted by Crippen LogP contribution is 2.68. The van der Waals surface area contributed by atoms with Gasteiger partial charge in [-0.05, 0) is 104 Å². The molecule has 0 radical (unpaired) electrons. The summed E-state index contributed by atoms with van der Waals surface area (Å²) in [7, 11) is -4.57. The standard InChI is InChI=1S/C24H40O7S/c1-14(4-7-21(26)27)17-5-6-18-22-19(9-11-24(17,18)3)23(2)10-8-16(25)12-15(23)13-20(22)31-32(28,29)30/h14-20,22,25H,4-13H2,1-3H3,(H,26,27)(H,28,29,30)/t14-,15+,16-,17-,18+,19+,20-,22+,23+,24-/m1/s1. The van der Waals surface area contributed by atoms with Crippen LogP contribution in [-0.4, -0.2) is 41.4 Å². The van der Waals surface area contributed by atoms with E-state index in [1.54, 1.807) is 0 Å². The molecular weight excluding hydrogens is 432 g/mol. The molecular formula is C24H40O7S. The van der Waals surface area contributed by atoms with Crippen LogP contribution in [0.3, 0.4) is 0 Å². The van der Waals surface area contributed by atoms with Crippen molar-refractivity contribution >= 4 is 16.4 Å². The largest absolute Gasteiger partial charge is 0.481 e. The monoisotopic (exact) mass is 472 g/mol. The molecule has 0 unspecified atom stereocenters. The normalized spacial score (nSPS) is 47.2. The van der Waals surface area contributed by atoms with Gasteiger partial charge in [0.1, 0.15) is 0 Å². The van der Waals surface area contributed by atoms with Crippen LogP contribution in [0, 0.1) is 46.3 Å². The van der Waals surface area contributed by atoms with E-state index in [2.05, 4.69) is 20.8 Å². The molecule has 0 aliphatic heterocycles. The predicted molar refractivity (Wildman–Crippen MR) is 119 cm³/mol. The zero-order chi connectivity index (χ0) is 23.5. The molecule has 4 aliphatic rings. The Morgan fingerprint density at radius 1 is 1.06 bits per heavy atom. The Kier molecular flexibility index (Phi) is 6.49. The van der Waals surface area contributed by atoms with Crippen LogP contribution in [0.4, 0.5) is 0 Å². The Hall–Kier alpha value is -0.700. The number of aliphatic hydroxyl groups is 1. The van der Waals surface area contributed by atoms with Crippen molar-refractivity contribution < 1.29 is 32.2 Å². The second kappa shape index (κ2) is 8.51. The molecule has 0 aromatic heterocycles. The zero-order valence-corrected chi connectivity index (χ0v) is 20.4. The molecule has 0 amide bonds. The molecule has 32 heavy (non-hydrogen) atoms. The number of hydrogen-bond donors (Lipinski definition) is 3. The van der Waals surface area contributed by atoms with Gasteiger partial charge in [0, 0.05) is 6.42 Å². The third kappa shape index (κ3) is 4.25. The molecule has 4 rings (SSSR count). The van der Waals surface area contributed by atoms with Gasteiger partial charge >= 0.3 is 16.4 Å². The van der Waals surface area contributed by atoms with Gasteiger partial charge in [0.15, 0.2) is 0 Å². The first-order chi connectivity index (χ1) is 14.8. The third-order valence-electron chi connectivity index (χ3n) is 10.5. The van der Waals surface area contributed by atoms with Gasteiger partial charge in [-0.1, -0.05) is 20.8 Å². The molecule has 0 heterocycles. The summed E-state index contributed by atoms with van der Waals surface area (Å²) in [5, 5.41) is 19.4. The molecule has 4 saturated carbocycles. The Morgan fingerprint density at radius 3 is 2.38 bits per heavy atom. The minimum absolute atomic E-state index is 0.0251. The summed E-state index contributed by atoms with van der Waals surface area (Å²) in [6, 6.07) is 0. The van der Waals surface area contributed by atoms with Gasteiger partial charge in [-0.2, -0.15) is 8.42 Å². The van der Waals surface area contributed by atoms with Crippen LogP contribution in [0.15, 0.2) is 0 Å². The van der Waals surface area contributed by atoms with Gasteiger partial charge in [-0.3, -0.25) is 9.35 Å². The van der Waals surface area contributed by atoms with E-state index in [-0.39, 0.29) is 35.2 Å². The molecule has 184 valence electrons. The van der Waals surface area contributed by atoms with E-state index in [4.69, 9.17) is 9.29 Å². The molecule has 10 atom stereocenters. The lowest BCUT2D eigenvalue weighted by Crippen LogP contribution is -2.59. The number of aliphatic hydroxyl groups excluding tert-OH is 1. The summed E-state index contributed by atoms with van der Waals surface area (Å²) < 4.78 is 38.6. The third-order valence-corrected chi connectivity index (χ3v) is 10.9. The molecule has 0 spiro atoms. The van der Waals surface area contributed by atoms with E-state index in [1.165, 1.54) is 0 Å². The van der Waals surface area contributed by atoms with Gasteiger partial charge in [-0.25, -0.2) is 4.18 Å². The van der Waals surface area contributed by atoms with E-state index >= 15 is 0 Å². The van der Waals surface area contributed by atoms with Crippen molar-refractivity contribution in [1.29, 1.82) is 0 Å². The van der Waals surface area contributed by atoms with Gasteiger partial charge in [-0.15, -0.1) is 0 Å². The fourth-order valence-corrected chi connectivity index (χ4v) is 9.48. The van der Waals surface area contributed by atoms with E-state index in [9.17, 15) is 22.9 Å². The molecule has 4 aliphatic carbocycles. The number of carbonyl (C=O) groups is 1. The van der Waals surface area contributed by atoms with Crippen LogP contribution in [0.1, 0.15) is 85.0 Å². The number of carboxylic acid groups (broad SMARTS) is 1. The lowest BCUT2D eigenvalue weighted by Gasteiger charge is -2.62. The summed E-state index contributed by atoms with van der Waals surface area (Å²) in [6.45, 7) is 6.82. The molecule has 7 nitrogen and oxygen atoms in total. The molecule has 0 saturated heterocycles. The average Bonchev–Trinajstić information content (AvgIpc) is 3.03. The van der Waals surface area contributed by atoms with Gasteiger partial charge in [0.25, 0.3) is 0 Å². The summed E-state index contributed by atoms with van der Waals surface area (Å²) in [4.78, 5) is 11.1. The maximum atomic E-state index is 11.8. The fourth-order valence-electron chi connectivity index (χ4n) is 8.96. The highest BCUT2D eigenvalue weighted by Gasteiger charge is 2.63. The number of hydrogen-bond acceptors (Lipinski definition) is 5. The SMILES string of the molecule is C[C@H](CCC(=O)O)[C@H]1CC[C@H]2[C@@H]3[C@H](OS(=O)(=O)O)C[C@@H]4C[C@H](O)CC[C@]4(C)[C@H]3CC[C@]12C. The summed E-state index contributed by atoms with van der Waals surface area (Å²) in [5.41, 5.74) is 0.0780. The summed E-state index contributed by atoms with van der Waals surface area (Å²) >= 11 is 0. The Bertz CT molecular complexity index is 828. The van der Waals surface area contributed by atoms with Crippen molar-refractivity contribution in [1.82, 2.24) is 0 Å². The molecule has 3 N–H and O–H groups in total. The molecule has 8 heteroatoms. The maximum absolute atomic E-state index is 11.8. The molecule has 4 fully saturated rings. The maximum Gasteiger partial charge on any atom is 0.397 e. The molecule has 0 aromatic rings. The topological polar surface area (TPSA) is 121 Å². The highest BCUT2D eigenvalue weighted by molar-refractivity contribution is 7.80. The van der Waals surface area contributed by atoms with Crippen LogP contribution >= 0.6 is 0 Å². The first-order valence-corrected chi connectivity index (χ1v) is 13.8. The van der Waals surface area contributed by atoms with Crippen LogP contribution in [0.25, 0.3) is 0 Å². The average molecular weight is 473 g/mol. The smallest absolute Gasteiger partial charge is 0.397 e. The second-order valence-corrected chi connectivity index (χ2v) is 12.9. The highest BCUT2D eigenvalue weighted by atomic mass is 32.3. The van der Waals surface area contributed by atoms with E-state index in [0.29, 0.717) is 42.9 Å². The Balaban J connectivity index is 1.64. The molecule has 0 bridgehead atoms. The van der Waals surface area contributed by atoms with E-state index in [1.807, 2.05) is 0 Å². The zero-order valence-electron chi connectivity index (χ0n) is 19.6. The van der Waals surface area contributed by atoms with Gasteiger partial charge in [0.2, 0.25) is 0 Å². The summed E-state index contributed by atoms with van der Waals surface area (Å²) in [6.07, 6.45) is 6.97. The number of aliphatic carboxylic acids is 1. The van der Waals surface area contributed by atoms with Gasteiger partial charge in [0.05, 0.1) is 12.2 Å². The quantitative estimate of drug-likeness (QED) is 0.493. The van der Waals surface area contributed by atoms with Crippen molar-refractivity contribution in [2.24, 2.45) is 46.3 Å². The van der Waals surface area contributed by atoms with Crippen LogP contribution in [-0.2, 0) is 19.4 Å². The van der Waals surface area contributed by atoms with E-state index < -0.39 is 22.5 Å². The van der Waals surface area contributed by atoms with E-state index in [0.717, 1.165) is 38.5 Å². The van der Waals surface area contributed by atoms with Gasteiger partial charge < -0.3 is 10.2 Å².